The number of hydrogen-bond donors (Lipinski definition) is 1. The van der Waals surface area contributed by atoms with Crippen LogP contribution in [-0.2, 0) is 11.8 Å². The number of carbonyl (C=O) groups excluding carboxylic acids is 2. The van der Waals surface area contributed by atoms with Gasteiger partial charge >= 0.3 is 0 Å². The molecule has 1 N–H and O–H groups in total. The maximum Gasteiger partial charge on any atom is 0.270 e. The average molecular weight is 362 g/mol. The number of thiazole rings is 1. The lowest BCUT2D eigenvalue weighted by Crippen LogP contribution is -2.47. The fraction of sp³-hybridized carbons (Fsp3) is 0.500. The van der Waals surface area contributed by atoms with Crippen molar-refractivity contribution >= 4 is 23.2 Å². The zero-order chi connectivity index (χ0) is 17.8. The molecule has 2 aromatic rings. The van der Waals surface area contributed by atoms with Crippen molar-refractivity contribution in [3.05, 3.63) is 23.5 Å². The Kier molecular flexibility index (Phi) is 5.44. The summed E-state index contributed by atoms with van der Waals surface area (Å²) in [5, 5.41) is 9.36. The summed E-state index contributed by atoms with van der Waals surface area (Å²) in [5.74, 6) is -0.166. The van der Waals surface area contributed by atoms with E-state index in [0.29, 0.717) is 18.7 Å². The molecule has 8 nitrogen and oxygen atoms in total. The Morgan fingerprint density at radius 1 is 1.24 bits per heavy atom. The van der Waals surface area contributed by atoms with E-state index in [2.05, 4.69) is 27.3 Å². The second-order valence-corrected chi connectivity index (χ2v) is 6.99. The van der Waals surface area contributed by atoms with Gasteiger partial charge in [0.25, 0.3) is 5.91 Å². The zero-order valence-corrected chi connectivity index (χ0v) is 15.3. The number of amides is 2. The van der Waals surface area contributed by atoms with Crippen molar-refractivity contribution in [2.24, 2.45) is 7.05 Å². The fourth-order valence-corrected chi connectivity index (χ4v) is 3.41. The Balaban J connectivity index is 1.46. The van der Waals surface area contributed by atoms with Gasteiger partial charge in [0.05, 0.1) is 6.20 Å². The molecule has 1 saturated heterocycles. The van der Waals surface area contributed by atoms with E-state index >= 15 is 0 Å². The predicted molar refractivity (Wildman–Crippen MR) is 95.3 cm³/mol. The Labute approximate surface area is 150 Å². The molecule has 3 rings (SSSR count). The van der Waals surface area contributed by atoms with Gasteiger partial charge in [-0.15, -0.1) is 11.3 Å². The van der Waals surface area contributed by atoms with Crippen LogP contribution in [0.2, 0.25) is 0 Å². The van der Waals surface area contributed by atoms with Crippen LogP contribution in [0.3, 0.4) is 0 Å². The first-order valence-electron chi connectivity index (χ1n) is 8.22. The van der Waals surface area contributed by atoms with Gasteiger partial charge in [-0.3, -0.25) is 14.3 Å². The van der Waals surface area contributed by atoms with E-state index in [1.54, 1.807) is 16.3 Å². The molecule has 0 aliphatic carbocycles. The summed E-state index contributed by atoms with van der Waals surface area (Å²) >= 11 is 1.40. The summed E-state index contributed by atoms with van der Waals surface area (Å²) in [7, 11) is 3.89. The molecule has 0 unspecified atom stereocenters. The third-order valence-corrected chi connectivity index (χ3v) is 5.06. The minimum atomic E-state index is -0.252. The first kappa shape index (κ1) is 17.6. The molecule has 25 heavy (non-hydrogen) atoms. The third-order valence-electron chi connectivity index (χ3n) is 4.17. The number of aryl methyl sites for hydroxylation is 1. The quantitative estimate of drug-likeness (QED) is 0.834. The standard InChI is InChI=1S/C16H22N6O2S/c1-20-5-7-22(8-6-20)14(23)3-4-17-15(24)13-11-25-16(19-13)12-9-18-21(2)10-12/h9-11H,3-8H2,1-2H3,(H,17,24). The number of aromatic nitrogens is 3. The number of nitrogens with one attached hydrogen (secondary N) is 1. The van der Waals surface area contributed by atoms with E-state index < -0.39 is 0 Å². The van der Waals surface area contributed by atoms with Crippen LogP contribution in [0.1, 0.15) is 16.9 Å². The smallest absolute Gasteiger partial charge is 0.270 e. The highest BCUT2D eigenvalue weighted by atomic mass is 32.1. The van der Waals surface area contributed by atoms with Crippen LogP contribution in [0.5, 0.6) is 0 Å². The number of carbonyl (C=O) groups is 2. The maximum atomic E-state index is 12.2. The lowest BCUT2D eigenvalue weighted by atomic mass is 10.3. The Morgan fingerprint density at radius 3 is 2.68 bits per heavy atom. The second-order valence-electron chi connectivity index (χ2n) is 6.13. The van der Waals surface area contributed by atoms with Gasteiger partial charge in [0.2, 0.25) is 5.91 Å². The Bertz CT molecular complexity index is 747. The van der Waals surface area contributed by atoms with Crippen LogP contribution in [0.4, 0.5) is 0 Å². The number of nitrogens with zero attached hydrogens (tertiary/aromatic N) is 5. The largest absolute Gasteiger partial charge is 0.350 e. The van der Waals surface area contributed by atoms with Crippen molar-refractivity contribution in [2.75, 3.05) is 39.8 Å². The highest BCUT2D eigenvalue weighted by molar-refractivity contribution is 7.13. The van der Waals surface area contributed by atoms with Crippen LogP contribution < -0.4 is 5.32 Å². The number of piperazine rings is 1. The van der Waals surface area contributed by atoms with E-state index in [1.165, 1.54) is 11.3 Å². The molecule has 2 aromatic heterocycles. The van der Waals surface area contributed by atoms with Crippen molar-refractivity contribution < 1.29 is 9.59 Å². The molecule has 0 atom stereocenters. The molecule has 1 aliphatic heterocycles. The molecule has 0 spiro atoms. The monoisotopic (exact) mass is 362 g/mol. The normalized spacial score (nSPS) is 15.4. The van der Waals surface area contributed by atoms with Crippen molar-refractivity contribution in [1.29, 1.82) is 0 Å². The van der Waals surface area contributed by atoms with Crippen molar-refractivity contribution in [3.63, 3.8) is 0 Å². The number of likely N-dealkylation sites (N-methyl/N-ethyl adjacent to an activating group) is 1. The van der Waals surface area contributed by atoms with Gasteiger partial charge in [0.1, 0.15) is 10.7 Å². The minimum absolute atomic E-state index is 0.0859. The molecule has 134 valence electrons. The lowest BCUT2D eigenvalue weighted by molar-refractivity contribution is -0.132. The average Bonchev–Trinajstić information content (AvgIpc) is 3.24. The molecule has 2 amide bonds. The van der Waals surface area contributed by atoms with Crippen LogP contribution in [0.15, 0.2) is 17.8 Å². The predicted octanol–water partition coefficient (Wildman–Crippen LogP) is 0.438. The number of hydrogen-bond acceptors (Lipinski definition) is 6. The van der Waals surface area contributed by atoms with Crippen LogP contribution in [0.25, 0.3) is 10.6 Å². The molecule has 9 heteroatoms. The molecule has 0 bridgehead atoms. The fourth-order valence-electron chi connectivity index (χ4n) is 2.63. The molecule has 0 radical (unpaired) electrons. The molecule has 0 saturated carbocycles. The molecule has 0 aromatic carbocycles. The highest BCUT2D eigenvalue weighted by Gasteiger charge is 2.19. The summed E-state index contributed by atoms with van der Waals surface area (Å²) < 4.78 is 1.69. The topological polar surface area (TPSA) is 83.4 Å². The van der Waals surface area contributed by atoms with E-state index in [0.717, 1.165) is 36.8 Å². The van der Waals surface area contributed by atoms with Gasteiger partial charge in [0.15, 0.2) is 0 Å². The van der Waals surface area contributed by atoms with Gasteiger partial charge in [-0.2, -0.15) is 5.10 Å². The Hall–Kier alpha value is -2.26. The summed E-state index contributed by atoms with van der Waals surface area (Å²) in [4.78, 5) is 32.7. The SMILES string of the molecule is CN1CCN(C(=O)CCNC(=O)c2csc(-c3cnn(C)c3)n2)CC1. The zero-order valence-electron chi connectivity index (χ0n) is 14.4. The lowest BCUT2D eigenvalue weighted by Gasteiger charge is -2.32. The molecule has 1 aliphatic rings. The van der Waals surface area contributed by atoms with Crippen molar-refractivity contribution in [2.45, 2.75) is 6.42 Å². The van der Waals surface area contributed by atoms with E-state index in [4.69, 9.17) is 0 Å². The van der Waals surface area contributed by atoms with Crippen molar-refractivity contribution in [3.8, 4) is 10.6 Å². The van der Waals surface area contributed by atoms with Crippen LogP contribution in [-0.4, -0.2) is 76.2 Å². The first-order valence-corrected chi connectivity index (χ1v) is 9.10. The van der Waals surface area contributed by atoms with E-state index in [-0.39, 0.29) is 11.8 Å². The van der Waals surface area contributed by atoms with Crippen molar-refractivity contribution in [1.82, 2.24) is 29.9 Å². The summed E-state index contributed by atoms with van der Waals surface area (Å²) in [6.45, 7) is 3.62. The van der Waals surface area contributed by atoms with E-state index in [1.807, 2.05) is 18.1 Å². The van der Waals surface area contributed by atoms with Gasteiger partial charge < -0.3 is 15.1 Å². The summed E-state index contributed by atoms with van der Waals surface area (Å²) in [6.07, 6.45) is 3.89. The summed E-state index contributed by atoms with van der Waals surface area (Å²) in [6, 6.07) is 0. The molecule has 3 heterocycles. The second kappa shape index (κ2) is 7.75. The van der Waals surface area contributed by atoms with Crippen LogP contribution in [0, 0.1) is 0 Å². The highest BCUT2D eigenvalue weighted by Crippen LogP contribution is 2.22. The third kappa shape index (κ3) is 4.43. The molecular weight excluding hydrogens is 340 g/mol. The first-order chi connectivity index (χ1) is 12.0. The van der Waals surface area contributed by atoms with Gasteiger partial charge in [-0.05, 0) is 7.05 Å². The van der Waals surface area contributed by atoms with Gasteiger partial charge in [0, 0.05) is 63.3 Å². The number of rotatable bonds is 5. The molecular formula is C16H22N6O2S. The van der Waals surface area contributed by atoms with Gasteiger partial charge in [-0.1, -0.05) is 0 Å². The minimum Gasteiger partial charge on any atom is -0.350 e. The van der Waals surface area contributed by atoms with Gasteiger partial charge in [-0.25, -0.2) is 4.98 Å². The Morgan fingerprint density at radius 2 is 2.00 bits per heavy atom. The summed E-state index contributed by atoms with van der Waals surface area (Å²) in [5.41, 5.74) is 1.26. The van der Waals surface area contributed by atoms with Crippen LogP contribution >= 0.6 is 11.3 Å². The molecule has 1 fully saturated rings. The van der Waals surface area contributed by atoms with E-state index in [9.17, 15) is 9.59 Å². The maximum absolute atomic E-state index is 12.2.